The Morgan fingerprint density at radius 2 is 0.864 bits per heavy atom. The van der Waals surface area contributed by atoms with Gasteiger partial charge in [0.2, 0.25) is 0 Å². The van der Waals surface area contributed by atoms with Crippen molar-refractivity contribution in [1.82, 2.24) is 0 Å². The lowest BCUT2D eigenvalue weighted by Gasteiger charge is -2.23. The van der Waals surface area contributed by atoms with Crippen LogP contribution in [0.5, 0.6) is 0 Å². The van der Waals surface area contributed by atoms with Gasteiger partial charge in [-0.1, -0.05) is 153 Å². The SMILES string of the molecule is CC1(C)c2cc(-c3ccc4sc5c(ccc6c5ccc5c7ccccc7oc56)c4c3)ccc2-c2ccc(-c3c4ccccc4c(-c4ccccc4)c4ccccc34)cc21. The normalized spacial score (nSPS) is 13.4. The molecule has 13 rings (SSSR count). The first-order chi connectivity index (χ1) is 29.0. The predicted octanol–water partition coefficient (Wildman–Crippen LogP) is 16.7. The summed E-state index contributed by atoms with van der Waals surface area (Å²) in [5.41, 5.74) is 14.8. The first kappa shape index (κ1) is 33.0. The molecule has 12 aromatic rings. The Balaban J connectivity index is 0.923. The molecule has 0 spiro atoms. The number of benzene rings is 10. The van der Waals surface area contributed by atoms with E-state index in [2.05, 4.69) is 190 Å². The van der Waals surface area contributed by atoms with Crippen LogP contribution in [0.4, 0.5) is 0 Å². The Hall–Kier alpha value is -7.00. The molecule has 2 heteroatoms. The van der Waals surface area contributed by atoms with E-state index in [1.807, 2.05) is 17.4 Å². The number of thiophene rings is 1. The largest absolute Gasteiger partial charge is 0.455 e. The lowest BCUT2D eigenvalue weighted by Crippen LogP contribution is -2.15. The smallest absolute Gasteiger partial charge is 0.143 e. The van der Waals surface area contributed by atoms with E-state index in [0.717, 1.165) is 11.2 Å². The van der Waals surface area contributed by atoms with E-state index < -0.39 is 0 Å². The van der Waals surface area contributed by atoms with E-state index >= 15 is 0 Å². The fourth-order valence-corrected chi connectivity index (χ4v) is 11.6. The number of hydrogen-bond acceptors (Lipinski definition) is 2. The summed E-state index contributed by atoms with van der Waals surface area (Å²) in [4.78, 5) is 0. The minimum atomic E-state index is -0.174. The topological polar surface area (TPSA) is 13.1 Å². The molecule has 1 aliphatic carbocycles. The number of para-hydroxylation sites is 1. The predicted molar refractivity (Wildman–Crippen MR) is 253 cm³/mol. The summed E-state index contributed by atoms with van der Waals surface area (Å²) in [5.74, 6) is 0. The van der Waals surface area contributed by atoms with Crippen LogP contribution in [0.25, 0.3) is 119 Å². The van der Waals surface area contributed by atoms with Gasteiger partial charge in [-0.05, 0) is 120 Å². The van der Waals surface area contributed by atoms with E-state index in [-0.39, 0.29) is 5.41 Å². The Morgan fingerprint density at radius 3 is 1.54 bits per heavy atom. The maximum atomic E-state index is 6.43. The fraction of sp³-hybridized carbons (Fsp3) is 0.0526. The van der Waals surface area contributed by atoms with Gasteiger partial charge in [-0.2, -0.15) is 0 Å². The van der Waals surface area contributed by atoms with E-state index in [9.17, 15) is 0 Å². The monoisotopic (exact) mass is 768 g/mol. The van der Waals surface area contributed by atoms with E-state index in [1.54, 1.807) is 0 Å². The Labute approximate surface area is 345 Å². The average molecular weight is 769 g/mol. The van der Waals surface area contributed by atoms with Crippen molar-refractivity contribution in [2.24, 2.45) is 0 Å². The summed E-state index contributed by atoms with van der Waals surface area (Å²) < 4.78 is 9.05. The molecule has 276 valence electrons. The molecule has 10 aromatic carbocycles. The van der Waals surface area contributed by atoms with Crippen molar-refractivity contribution in [2.45, 2.75) is 19.3 Å². The Morgan fingerprint density at radius 1 is 0.373 bits per heavy atom. The molecule has 2 aromatic heterocycles. The van der Waals surface area contributed by atoms with Gasteiger partial charge in [0.25, 0.3) is 0 Å². The van der Waals surface area contributed by atoms with Crippen LogP contribution < -0.4 is 0 Å². The van der Waals surface area contributed by atoms with Crippen LogP contribution in [0.2, 0.25) is 0 Å². The van der Waals surface area contributed by atoms with Gasteiger partial charge in [-0.25, -0.2) is 0 Å². The zero-order valence-corrected chi connectivity index (χ0v) is 33.5. The lowest BCUT2D eigenvalue weighted by atomic mass is 9.80. The van der Waals surface area contributed by atoms with Crippen LogP contribution in [-0.2, 0) is 5.41 Å². The van der Waals surface area contributed by atoms with Gasteiger partial charge >= 0.3 is 0 Å². The molecular formula is C57H36OS. The van der Waals surface area contributed by atoms with Crippen molar-refractivity contribution in [3.8, 4) is 44.5 Å². The minimum absolute atomic E-state index is 0.174. The molecular weight excluding hydrogens is 733 g/mol. The third kappa shape index (κ3) is 4.61. The second kappa shape index (κ2) is 12.0. The number of hydrogen-bond donors (Lipinski definition) is 0. The van der Waals surface area contributed by atoms with Gasteiger partial charge < -0.3 is 4.42 Å². The molecule has 0 atom stereocenters. The van der Waals surface area contributed by atoms with Crippen molar-refractivity contribution in [2.75, 3.05) is 0 Å². The summed E-state index contributed by atoms with van der Waals surface area (Å²) in [7, 11) is 0. The van der Waals surface area contributed by atoms with Gasteiger partial charge in [0.05, 0.1) is 0 Å². The van der Waals surface area contributed by atoms with Gasteiger partial charge in [0, 0.05) is 47.1 Å². The summed E-state index contributed by atoms with van der Waals surface area (Å²) in [5, 5.41) is 12.5. The molecule has 0 N–H and O–H groups in total. The third-order valence-electron chi connectivity index (χ3n) is 13.3. The molecule has 59 heavy (non-hydrogen) atoms. The summed E-state index contributed by atoms with van der Waals surface area (Å²) >= 11 is 1.88. The Bertz CT molecular complexity index is 3690. The van der Waals surface area contributed by atoms with E-state index in [0.29, 0.717) is 0 Å². The lowest BCUT2D eigenvalue weighted by molar-refractivity contribution is 0.661. The summed E-state index contributed by atoms with van der Waals surface area (Å²) in [6, 6.07) is 67.6. The van der Waals surface area contributed by atoms with Crippen LogP contribution in [0, 0.1) is 0 Å². The molecule has 0 saturated heterocycles. The fourth-order valence-electron chi connectivity index (χ4n) is 10.4. The molecule has 0 amide bonds. The van der Waals surface area contributed by atoms with Crippen molar-refractivity contribution < 1.29 is 4.42 Å². The van der Waals surface area contributed by atoms with Crippen molar-refractivity contribution in [3.63, 3.8) is 0 Å². The second-order valence-corrected chi connectivity index (χ2v) is 17.8. The highest BCUT2D eigenvalue weighted by molar-refractivity contribution is 7.26. The second-order valence-electron chi connectivity index (χ2n) is 16.7. The maximum absolute atomic E-state index is 6.43. The minimum Gasteiger partial charge on any atom is -0.455 e. The summed E-state index contributed by atoms with van der Waals surface area (Å²) in [6.45, 7) is 4.80. The highest BCUT2D eigenvalue weighted by Gasteiger charge is 2.36. The molecule has 0 unspecified atom stereocenters. The van der Waals surface area contributed by atoms with Crippen LogP contribution in [0.3, 0.4) is 0 Å². The molecule has 1 nitrogen and oxygen atoms in total. The van der Waals surface area contributed by atoms with Gasteiger partial charge in [-0.15, -0.1) is 11.3 Å². The van der Waals surface area contributed by atoms with E-state index in [1.165, 1.54) is 119 Å². The van der Waals surface area contributed by atoms with Crippen LogP contribution >= 0.6 is 11.3 Å². The molecule has 0 fully saturated rings. The van der Waals surface area contributed by atoms with Crippen molar-refractivity contribution in [1.29, 1.82) is 0 Å². The van der Waals surface area contributed by atoms with Crippen LogP contribution in [0.1, 0.15) is 25.0 Å². The Kier molecular flexibility index (Phi) is 6.73. The zero-order chi connectivity index (χ0) is 39.0. The first-order valence-corrected chi connectivity index (χ1v) is 21.3. The van der Waals surface area contributed by atoms with E-state index in [4.69, 9.17) is 4.42 Å². The maximum Gasteiger partial charge on any atom is 0.143 e. The molecule has 0 aliphatic heterocycles. The van der Waals surface area contributed by atoms with Crippen molar-refractivity contribution in [3.05, 3.63) is 193 Å². The highest BCUT2D eigenvalue weighted by Crippen LogP contribution is 2.52. The number of rotatable bonds is 3. The van der Waals surface area contributed by atoms with Crippen LogP contribution in [0.15, 0.2) is 186 Å². The molecule has 0 bridgehead atoms. The quantitative estimate of drug-likeness (QED) is 0.163. The first-order valence-electron chi connectivity index (χ1n) is 20.5. The number of fused-ring (bicyclic) bond motifs is 14. The third-order valence-corrected chi connectivity index (χ3v) is 14.5. The summed E-state index contributed by atoms with van der Waals surface area (Å²) in [6.07, 6.45) is 0. The molecule has 0 radical (unpaired) electrons. The number of furan rings is 1. The average Bonchev–Trinajstić information content (AvgIpc) is 3.93. The van der Waals surface area contributed by atoms with Gasteiger partial charge in [0.15, 0.2) is 0 Å². The molecule has 1 aliphatic rings. The molecule has 0 saturated carbocycles. The van der Waals surface area contributed by atoms with Gasteiger partial charge in [-0.3, -0.25) is 0 Å². The molecule has 2 heterocycles. The van der Waals surface area contributed by atoms with Crippen molar-refractivity contribution >= 4 is 85.8 Å². The highest BCUT2D eigenvalue weighted by atomic mass is 32.1. The zero-order valence-electron chi connectivity index (χ0n) is 32.6. The standard InChI is InChI=1S/C57H36OS/c1-57(2)49-31-35(34-22-29-52-48(30-34)47-28-26-45-46(56(47)59-52)27-25-44-39-14-10-11-19-51(39)58-55(44)45)20-23-37(49)38-24-21-36(32-50(38)57)54-42-17-8-6-15-40(42)53(33-12-4-3-5-13-33)41-16-7-9-18-43(41)54/h3-32H,1-2H3. The van der Waals surface area contributed by atoms with Gasteiger partial charge in [0.1, 0.15) is 11.2 Å². The van der Waals surface area contributed by atoms with Crippen LogP contribution in [-0.4, -0.2) is 0 Å².